The van der Waals surface area contributed by atoms with Crippen LogP contribution in [0.15, 0.2) is 9.66 Å². The van der Waals surface area contributed by atoms with Crippen molar-refractivity contribution >= 4 is 28.5 Å². The van der Waals surface area contributed by atoms with Crippen molar-refractivity contribution in [2.24, 2.45) is 5.92 Å². The predicted octanol–water partition coefficient (Wildman–Crippen LogP) is 1.96. The number of hydrogen-bond donors (Lipinski definition) is 0. The van der Waals surface area contributed by atoms with Gasteiger partial charge in [-0.3, -0.25) is 4.79 Å². The third kappa shape index (κ3) is 2.93. The first-order chi connectivity index (χ1) is 7.27. The molecule has 0 aliphatic carbocycles. The number of carbonyl (C=O) groups excluding carboxylic acids is 1. The Kier molecular flexibility index (Phi) is 4.02. The minimum absolute atomic E-state index is 0.211. The van der Waals surface area contributed by atoms with E-state index in [-0.39, 0.29) is 5.92 Å². The molecule has 0 aromatic carbocycles. The van der Waals surface area contributed by atoms with Crippen LogP contribution >= 0.6 is 22.6 Å². The molecule has 2 aliphatic rings. The summed E-state index contributed by atoms with van der Waals surface area (Å²) in [5.41, 5.74) is 0. The average molecular weight is 321 g/mol. The molecule has 0 unspecified atom stereocenters. The van der Waals surface area contributed by atoms with Crippen LogP contribution in [-0.4, -0.2) is 37.1 Å². The molecule has 4 heteroatoms. The van der Waals surface area contributed by atoms with Gasteiger partial charge in [-0.1, -0.05) is 6.08 Å². The third-order valence-corrected chi connectivity index (χ3v) is 4.02. The van der Waals surface area contributed by atoms with Crippen LogP contribution in [0.25, 0.3) is 0 Å². The highest BCUT2D eigenvalue weighted by atomic mass is 127. The van der Waals surface area contributed by atoms with Gasteiger partial charge >= 0.3 is 0 Å². The second-order valence-corrected chi connectivity index (χ2v) is 5.46. The highest BCUT2D eigenvalue weighted by Crippen LogP contribution is 2.22. The van der Waals surface area contributed by atoms with Gasteiger partial charge in [0.2, 0.25) is 5.91 Å². The van der Waals surface area contributed by atoms with Crippen LogP contribution in [0.3, 0.4) is 0 Å². The number of ether oxygens (including phenoxy) is 1. The Labute approximate surface area is 104 Å². The zero-order valence-electron chi connectivity index (χ0n) is 8.75. The van der Waals surface area contributed by atoms with E-state index >= 15 is 0 Å². The quantitative estimate of drug-likeness (QED) is 0.691. The molecular formula is C11H16INO2. The van der Waals surface area contributed by atoms with Crippen molar-refractivity contribution in [3.05, 3.63) is 9.66 Å². The monoisotopic (exact) mass is 321 g/mol. The lowest BCUT2D eigenvalue weighted by Gasteiger charge is -2.30. The maximum Gasteiger partial charge on any atom is 0.226 e. The molecule has 3 nitrogen and oxygen atoms in total. The van der Waals surface area contributed by atoms with Crippen LogP contribution < -0.4 is 0 Å². The summed E-state index contributed by atoms with van der Waals surface area (Å²) in [6, 6.07) is 0. The highest BCUT2D eigenvalue weighted by Gasteiger charge is 2.26. The predicted molar refractivity (Wildman–Crippen MR) is 66.8 cm³/mol. The number of nitrogens with zero attached hydrogens (tertiary/aromatic N) is 1. The van der Waals surface area contributed by atoms with Crippen molar-refractivity contribution in [2.75, 3.05) is 26.3 Å². The zero-order chi connectivity index (χ0) is 10.7. The van der Waals surface area contributed by atoms with E-state index in [2.05, 4.69) is 28.7 Å². The Morgan fingerprint density at radius 1 is 1.47 bits per heavy atom. The number of carbonyl (C=O) groups is 1. The second kappa shape index (κ2) is 5.30. The average Bonchev–Trinajstić information content (AvgIpc) is 2.30. The second-order valence-electron chi connectivity index (χ2n) is 4.07. The molecule has 2 rings (SSSR count). The third-order valence-electron chi connectivity index (χ3n) is 3.04. The molecular weight excluding hydrogens is 305 g/mol. The Balaban J connectivity index is 1.90. The van der Waals surface area contributed by atoms with Gasteiger partial charge in [0, 0.05) is 32.2 Å². The molecule has 15 heavy (non-hydrogen) atoms. The van der Waals surface area contributed by atoms with Gasteiger partial charge in [-0.25, -0.2) is 0 Å². The molecule has 0 aromatic heterocycles. The molecule has 0 atom stereocenters. The molecule has 0 spiro atoms. The van der Waals surface area contributed by atoms with E-state index < -0.39 is 0 Å². The number of hydrogen-bond acceptors (Lipinski definition) is 2. The largest absolute Gasteiger partial charge is 0.381 e. The first kappa shape index (κ1) is 11.4. The van der Waals surface area contributed by atoms with E-state index in [1.54, 1.807) is 0 Å². The molecule has 2 heterocycles. The molecule has 0 N–H and O–H groups in total. The summed E-state index contributed by atoms with van der Waals surface area (Å²) < 4.78 is 6.65. The molecule has 0 radical (unpaired) electrons. The van der Waals surface area contributed by atoms with Crippen LogP contribution in [-0.2, 0) is 9.53 Å². The van der Waals surface area contributed by atoms with Crippen LogP contribution in [0.2, 0.25) is 0 Å². The number of halogens is 1. The van der Waals surface area contributed by atoms with Gasteiger partial charge in [0.05, 0.1) is 0 Å². The fraction of sp³-hybridized carbons (Fsp3) is 0.727. The van der Waals surface area contributed by atoms with Crippen molar-refractivity contribution in [2.45, 2.75) is 19.3 Å². The lowest BCUT2D eigenvalue weighted by molar-refractivity contribution is -0.138. The molecule has 84 valence electrons. The summed E-state index contributed by atoms with van der Waals surface area (Å²) in [5.74, 6) is 0.543. The van der Waals surface area contributed by atoms with Crippen LogP contribution in [0.4, 0.5) is 0 Å². The standard InChI is InChI=1S/C11H16INO2/c12-10-1-5-13(6-2-10)11(14)9-3-7-15-8-4-9/h1,9H,2-8H2. The van der Waals surface area contributed by atoms with E-state index in [1.807, 2.05) is 4.90 Å². The Hall–Kier alpha value is -0.100. The molecule has 0 saturated carbocycles. The lowest BCUT2D eigenvalue weighted by atomic mass is 9.98. The molecule has 1 amide bonds. The lowest BCUT2D eigenvalue weighted by Crippen LogP contribution is -2.40. The molecule has 0 bridgehead atoms. The first-order valence-electron chi connectivity index (χ1n) is 5.48. The minimum Gasteiger partial charge on any atom is -0.381 e. The summed E-state index contributed by atoms with van der Waals surface area (Å²) in [4.78, 5) is 14.1. The number of rotatable bonds is 1. The summed E-state index contributed by atoms with van der Waals surface area (Å²) in [5, 5.41) is 0. The van der Waals surface area contributed by atoms with Crippen LogP contribution in [0.5, 0.6) is 0 Å². The highest BCUT2D eigenvalue weighted by molar-refractivity contribution is 14.1. The summed E-state index contributed by atoms with van der Waals surface area (Å²) >= 11 is 2.35. The van der Waals surface area contributed by atoms with Crippen LogP contribution in [0.1, 0.15) is 19.3 Å². The summed E-state index contributed by atoms with van der Waals surface area (Å²) in [7, 11) is 0. The maximum absolute atomic E-state index is 12.1. The fourth-order valence-electron chi connectivity index (χ4n) is 2.05. The van der Waals surface area contributed by atoms with E-state index in [0.29, 0.717) is 5.91 Å². The summed E-state index contributed by atoms with van der Waals surface area (Å²) in [6.45, 7) is 3.19. The van der Waals surface area contributed by atoms with Crippen molar-refractivity contribution in [1.29, 1.82) is 0 Å². The van der Waals surface area contributed by atoms with Gasteiger partial charge in [0.1, 0.15) is 0 Å². The SMILES string of the molecule is O=C(C1CCOCC1)N1CC=C(I)CC1. The van der Waals surface area contributed by atoms with Gasteiger partial charge in [0.15, 0.2) is 0 Å². The molecule has 2 aliphatic heterocycles. The van der Waals surface area contributed by atoms with E-state index in [4.69, 9.17) is 4.74 Å². The normalized spacial score (nSPS) is 23.8. The molecule has 1 saturated heterocycles. The first-order valence-corrected chi connectivity index (χ1v) is 6.56. The zero-order valence-corrected chi connectivity index (χ0v) is 10.9. The topological polar surface area (TPSA) is 29.5 Å². The Bertz CT molecular complexity index is 272. The Morgan fingerprint density at radius 2 is 2.20 bits per heavy atom. The Morgan fingerprint density at radius 3 is 2.80 bits per heavy atom. The van der Waals surface area contributed by atoms with Crippen LogP contribution in [0, 0.1) is 5.92 Å². The van der Waals surface area contributed by atoms with E-state index in [9.17, 15) is 4.79 Å². The van der Waals surface area contributed by atoms with E-state index in [1.165, 1.54) is 3.58 Å². The van der Waals surface area contributed by atoms with Gasteiger partial charge in [-0.15, -0.1) is 0 Å². The van der Waals surface area contributed by atoms with Crippen molar-refractivity contribution in [3.63, 3.8) is 0 Å². The fourth-order valence-corrected chi connectivity index (χ4v) is 2.49. The van der Waals surface area contributed by atoms with E-state index in [0.717, 1.165) is 45.6 Å². The molecule has 1 fully saturated rings. The van der Waals surface area contributed by atoms with Crippen molar-refractivity contribution < 1.29 is 9.53 Å². The van der Waals surface area contributed by atoms with Crippen molar-refractivity contribution in [1.82, 2.24) is 4.90 Å². The van der Waals surface area contributed by atoms with Gasteiger partial charge in [0.25, 0.3) is 0 Å². The minimum atomic E-state index is 0.211. The van der Waals surface area contributed by atoms with Crippen molar-refractivity contribution in [3.8, 4) is 0 Å². The molecule has 0 aromatic rings. The van der Waals surface area contributed by atoms with Gasteiger partial charge < -0.3 is 9.64 Å². The number of amides is 1. The maximum atomic E-state index is 12.1. The van der Waals surface area contributed by atoms with Gasteiger partial charge in [-0.05, 0) is 45.4 Å². The smallest absolute Gasteiger partial charge is 0.226 e. The van der Waals surface area contributed by atoms with Gasteiger partial charge in [-0.2, -0.15) is 0 Å². The summed E-state index contributed by atoms with van der Waals surface area (Å²) in [6.07, 6.45) is 4.98.